The molecule has 0 fully saturated rings. The fraction of sp³-hybridized carbons (Fsp3) is 0.562. The van der Waals surface area contributed by atoms with Crippen molar-refractivity contribution in [3.05, 3.63) is 35.9 Å². The van der Waals surface area contributed by atoms with Crippen LogP contribution in [0.5, 0.6) is 0 Å². The summed E-state index contributed by atoms with van der Waals surface area (Å²) in [4.78, 5) is 13.1. The number of carbonyl (C=O) groups is 1. The summed E-state index contributed by atoms with van der Waals surface area (Å²) in [6, 6.07) is 9.84. The van der Waals surface area contributed by atoms with Crippen LogP contribution in [0.3, 0.4) is 0 Å². The minimum absolute atomic E-state index is 0.209. The number of rotatable bonds is 10. The Labute approximate surface area is 126 Å². The Balaban J connectivity index is 2.12. The molecule has 0 spiro atoms. The maximum Gasteiger partial charge on any atom is 0.307 e. The first-order chi connectivity index (χ1) is 10.1. The summed E-state index contributed by atoms with van der Waals surface area (Å²) in [5.41, 5.74) is 1.08. The molecule has 5 heteroatoms. The maximum absolute atomic E-state index is 11.2. The number of hydrogen-bond donors (Lipinski definition) is 1. The van der Waals surface area contributed by atoms with Crippen molar-refractivity contribution in [1.29, 1.82) is 0 Å². The molecule has 0 aliphatic rings. The zero-order valence-corrected chi connectivity index (χ0v) is 12.8. The van der Waals surface area contributed by atoms with Gasteiger partial charge in [-0.1, -0.05) is 30.3 Å². The zero-order chi connectivity index (χ0) is 15.5. The Kier molecular flexibility index (Phi) is 8.66. The first kappa shape index (κ1) is 17.6. The molecule has 0 aromatic heterocycles. The molecule has 1 rings (SSSR count). The van der Waals surface area contributed by atoms with E-state index in [2.05, 4.69) is 0 Å². The van der Waals surface area contributed by atoms with Gasteiger partial charge in [0.25, 0.3) is 0 Å². The smallest absolute Gasteiger partial charge is 0.307 e. The second-order valence-corrected chi connectivity index (χ2v) is 4.97. The van der Waals surface area contributed by atoms with Crippen LogP contribution in [0.1, 0.15) is 18.9 Å². The number of aliphatic hydroxyl groups excluding tert-OH is 1. The number of likely N-dealkylation sites (N-methyl/N-ethyl adjacent to an activating group) is 1. The molecule has 0 aliphatic heterocycles. The van der Waals surface area contributed by atoms with E-state index in [4.69, 9.17) is 9.47 Å². The van der Waals surface area contributed by atoms with Crippen LogP contribution in [0.15, 0.2) is 30.3 Å². The van der Waals surface area contributed by atoms with Gasteiger partial charge in [0.2, 0.25) is 0 Å². The minimum atomic E-state index is -0.569. The summed E-state index contributed by atoms with van der Waals surface area (Å²) in [6.07, 6.45) is -0.233. The molecule has 1 atom stereocenters. The van der Waals surface area contributed by atoms with E-state index in [1.54, 1.807) is 6.92 Å². The Morgan fingerprint density at radius 2 is 2.05 bits per heavy atom. The van der Waals surface area contributed by atoms with Crippen molar-refractivity contribution in [2.75, 3.05) is 33.4 Å². The molecule has 5 nitrogen and oxygen atoms in total. The van der Waals surface area contributed by atoms with Crippen molar-refractivity contribution in [1.82, 2.24) is 4.90 Å². The summed E-state index contributed by atoms with van der Waals surface area (Å²) in [5.74, 6) is -0.209. The molecule has 1 unspecified atom stereocenters. The highest BCUT2D eigenvalue weighted by atomic mass is 16.5. The van der Waals surface area contributed by atoms with Gasteiger partial charge < -0.3 is 19.5 Å². The van der Waals surface area contributed by atoms with Gasteiger partial charge in [-0.05, 0) is 19.5 Å². The molecule has 118 valence electrons. The van der Waals surface area contributed by atoms with Crippen LogP contribution in [0.4, 0.5) is 0 Å². The molecule has 0 heterocycles. The Morgan fingerprint density at radius 3 is 2.71 bits per heavy atom. The zero-order valence-electron chi connectivity index (χ0n) is 12.8. The summed E-state index contributed by atoms with van der Waals surface area (Å²) >= 11 is 0. The summed E-state index contributed by atoms with van der Waals surface area (Å²) in [5, 5.41) is 9.88. The number of carbonyl (C=O) groups excluding carboxylic acids is 1. The lowest BCUT2D eigenvalue weighted by molar-refractivity contribution is -0.143. The number of ether oxygens (including phenoxy) is 2. The fourth-order valence-electron chi connectivity index (χ4n) is 1.91. The van der Waals surface area contributed by atoms with Crippen molar-refractivity contribution in [3.8, 4) is 0 Å². The molecule has 21 heavy (non-hydrogen) atoms. The highest BCUT2D eigenvalue weighted by Crippen LogP contribution is 2.01. The summed E-state index contributed by atoms with van der Waals surface area (Å²) in [7, 11) is 1.86. The number of hydrogen-bond acceptors (Lipinski definition) is 5. The highest BCUT2D eigenvalue weighted by molar-refractivity contribution is 5.69. The van der Waals surface area contributed by atoms with Gasteiger partial charge in [0.05, 0.1) is 32.3 Å². The SMILES string of the molecule is CCOC(=O)CCN(C)CC(O)COCc1ccccc1. The lowest BCUT2D eigenvalue weighted by atomic mass is 10.2. The third-order valence-corrected chi connectivity index (χ3v) is 2.95. The molecular weight excluding hydrogens is 270 g/mol. The average molecular weight is 295 g/mol. The molecule has 1 aromatic rings. The fourth-order valence-corrected chi connectivity index (χ4v) is 1.91. The van der Waals surface area contributed by atoms with E-state index in [0.717, 1.165) is 5.56 Å². The second kappa shape index (κ2) is 10.3. The molecule has 0 bridgehead atoms. The lowest BCUT2D eigenvalue weighted by Crippen LogP contribution is -2.33. The van der Waals surface area contributed by atoms with Crippen LogP contribution in [0.2, 0.25) is 0 Å². The monoisotopic (exact) mass is 295 g/mol. The van der Waals surface area contributed by atoms with Crippen molar-refractivity contribution >= 4 is 5.97 Å². The lowest BCUT2D eigenvalue weighted by Gasteiger charge is -2.20. The van der Waals surface area contributed by atoms with Crippen molar-refractivity contribution < 1.29 is 19.4 Å². The van der Waals surface area contributed by atoms with Crippen LogP contribution in [-0.4, -0.2) is 55.4 Å². The molecule has 0 saturated carbocycles. The van der Waals surface area contributed by atoms with Crippen LogP contribution in [0.25, 0.3) is 0 Å². The van der Waals surface area contributed by atoms with Gasteiger partial charge in [-0.2, -0.15) is 0 Å². The second-order valence-electron chi connectivity index (χ2n) is 4.97. The Bertz CT molecular complexity index is 397. The van der Waals surface area contributed by atoms with Gasteiger partial charge in [0.1, 0.15) is 0 Å². The van der Waals surface area contributed by atoms with E-state index in [-0.39, 0.29) is 12.6 Å². The number of aliphatic hydroxyl groups is 1. The largest absolute Gasteiger partial charge is 0.466 e. The van der Waals surface area contributed by atoms with Gasteiger partial charge >= 0.3 is 5.97 Å². The average Bonchev–Trinajstić information content (AvgIpc) is 2.46. The third kappa shape index (κ3) is 8.45. The van der Waals surface area contributed by atoms with E-state index >= 15 is 0 Å². The predicted octanol–water partition coefficient (Wildman–Crippen LogP) is 1.45. The number of nitrogens with zero attached hydrogens (tertiary/aromatic N) is 1. The van der Waals surface area contributed by atoms with E-state index in [1.807, 2.05) is 42.3 Å². The summed E-state index contributed by atoms with van der Waals surface area (Å²) in [6.45, 7) is 3.99. The van der Waals surface area contributed by atoms with E-state index in [1.165, 1.54) is 0 Å². The van der Waals surface area contributed by atoms with E-state index in [9.17, 15) is 9.90 Å². The summed E-state index contributed by atoms with van der Waals surface area (Å²) < 4.78 is 10.3. The van der Waals surface area contributed by atoms with Crippen molar-refractivity contribution in [3.63, 3.8) is 0 Å². The number of benzene rings is 1. The van der Waals surface area contributed by atoms with E-state index in [0.29, 0.717) is 32.7 Å². The minimum Gasteiger partial charge on any atom is -0.466 e. The van der Waals surface area contributed by atoms with Crippen LogP contribution in [-0.2, 0) is 20.9 Å². The normalized spacial score (nSPS) is 12.4. The van der Waals surface area contributed by atoms with E-state index < -0.39 is 6.10 Å². The quantitative estimate of drug-likeness (QED) is 0.662. The molecule has 1 aromatic carbocycles. The Morgan fingerprint density at radius 1 is 1.33 bits per heavy atom. The topological polar surface area (TPSA) is 59.0 Å². The van der Waals surface area contributed by atoms with Crippen molar-refractivity contribution in [2.24, 2.45) is 0 Å². The molecule has 0 amide bonds. The first-order valence-electron chi connectivity index (χ1n) is 7.25. The number of esters is 1. The van der Waals surface area contributed by atoms with Gasteiger partial charge in [0, 0.05) is 13.1 Å². The molecular formula is C16H25NO4. The molecule has 0 saturated heterocycles. The highest BCUT2D eigenvalue weighted by Gasteiger charge is 2.10. The van der Waals surface area contributed by atoms with Gasteiger partial charge in [-0.3, -0.25) is 4.79 Å². The first-order valence-corrected chi connectivity index (χ1v) is 7.25. The van der Waals surface area contributed by atoms with Crippen molar-refractivity contribution in [2.45, 2.75) is 26.1 Å². The molecule has 0 aliphatic carbocycles. The standard InChI is InChI=1S/C16H25NO4/c1-3-21-16(19)9-10-17(2)11-15(18)13-20-12-14-7-5-4-6-8-14/h4-8,15,18H,3,9-13H2,1-2H3. The molecule has 0 radical (unpaired) electrons. The molecule has 1 N–H and O–H groups in total. The van der Waals surface area contributed by atoms with Gasteiger partial charge in [-0.15, -0.1) is 0 Å². The van der Waals surface area contributed by atoms with Gasteiger partial charge in [-0.25, -0.2) is 0 Å². The van der Waals surface area contributed by atoms with Crippen LogP contribution >= 0.6 is 0 Å². The third-order valence-electron chi connectivity index (χ3n) is 2.95. The van der Waals surface area contributed by atoms with Crippen LogP contribution in [0, 0.1) is 0 Å². The Hall–Kier alpha value is -1.43. The van der Waals surface area contributed by atoms with Crippen LogP contribution < -0.4 is 0 Å². The predicted molar refractivity (Wildman–Crippen MR) is 80.9 cm³/mol. The maximum atomic E-state index is 11.2. The van der Waals surface area contributed by atoms with Gasteiger partial charge in [0.15, 0.2) is 0 Å².